The molecule has 2 N–H and O–H groups in total. The van der Waals surface area contributed by atoms with Crippen LogP contribution in [0.2, 0.25) is 0 Å². The zero-order valence-corrected chi connectivity index (χ0v) is 14.9. The Morgan fingerprint density at radius 1 is 1.00 bits per heavy atom. The maximum Gasteiger partial charge on any atom is 0.376 e. The highest BCUT2D eigenvalue weighted by molar-refractivity contribution is 6.10. The van der Waals surface area contributed by atoms with E-state index in [1.165, 1.54) is 12.1 Å². The van der Waals surface area contributed by atoms with E-state index >= 15 is 0 Å². The van der Waals surface area contributed by atoms with Crippen molar-refractivity contribution in [1.82, 2.24) is 0 Å². The number of fused-ring (bicyclic) bond motifs is 1. The zero-order chi connectivity index (χ0) is 20.1. The third-order valence-corrected chi connectivity index (χ3v) is 3.78. The van der Waals surface area contributed by atoms with Gasteiger partial charge in [-0.15, -0.1) is 0 Å². The molecule has 0 radical (unpaired) electrons. The second-order valence-corrected chi connectivity index (χ2v) is 5.66. The predicted octanol–water partition coefficient (Wildman–Crippen LogP) is 3.11. The van der Waals surface area contributed by atoms with Gasteiger partial charge < -0.3 is 24.3 Å². The maximum absolute atomic E-state index is 12.3. The number of amides is 1. The molecule has 0 fully saturated rings. The molecule has 1 heterocycles. The van der Waals surface area contributed by atoms with Gasteiger partial charge in [-0.25, -0.2) is 9.59 Å². The number of esters is 2. The molecule has 28 heavy (non-hydrogen) atoms. The van der Waals surface area contributed by atoms with E-state index in [9.17, 15) is 19.5 Å². The van der Waals surface area contributed by atoms with Crippen LogP contribution in [0.15, 0.2) is 52.9 Å². The molecule has 3 aromatic rings. The van der Waals surface area contributed by atoms with Crippen LogP contribution in [0.1, 0.15) is 27.8 Å². The minimum Gasteiger partial charge on any atom is -0.507 e. The second-order valence-electron chi connectivity index (χ2n) is 5.66. The highest BCUT2D eigenvalue weighted by atomic mass is 16.5. The van der Waals surface area contributed by atoms with Crippen LogP contribution in [-0.2, 0) is 14.3 Å². The molecule has 0 aliphatic heterocycles. The summed E-state index contributed by atoms with van der Waals surface area (Å²) in [6.07, 6.45) is 0. The van der Waals surface area contributed by atoms with Gasteiger partial charge in [-0.1, -0.05) is 24.3 Å². The molecule has 8 nitrogen and oxygen atoms in total. The summed E-state index contributed by atoms with van der Waals surface area (Å²) in [4.78, 5) is 36.4. The number of carbonyl (C=O) groups excluding carboxylic acids is 3. The molecule has 0 bridgehead atoms. The van der Waals surface area contributed by atoms with E-state index in [4.69, 9.17) is 13.9 Å². The molecule has 1 amide bonds. The largest absolute Gasteiger partial charge is 0.507 e. The van der Waals surface area contributed by atoms with Crippen molar-refractivity contribution >= 4 is 34.5 Å². The molecule has 2 aromatic carbocycles. The lowest BCUT2D eigenvalue weighted by Crippen LogP contribution is -2.22. The molecular weight excluding hydrogens is 366 g/mol. The van der Waals surface area contributed by atoms with Crippen molar-refractivity contribution in [2.24, 2.45) is 0 Å². The summed E-state index contributed by atoms with van der Waals surface area (Å²) >= 11 is 0. The molecular formula is C20H17NO7. The van der Waals surface area contributed by atoms with Crippen LogP contribution in [0.5, 0.6) is 5.75 Å². The Hall–Kier alpha value is -3.81. The Morgan fingerprint density at radius 2 is 1.71 bits per heavy atom. The van der Waals surface area contributed by atoms with E-state index in [0.29, 0.717) is 11.0 Å². The second kappa shape index (κ2) is 8.26. The van der Waals surface area contributed by atoms with Crippen molar-refractivity contribution in [3.8, 4) is 5.75 Å². The third kappa shape index (κ3) is 3.96. The van der Waals surface area contributed by atoms with Crippen LogP contribution >= 0.6 is 0 Å². The molecule has 0 atom stereocenters. The molecule has 0 saturated heterocycles. The van der Waals surface area contributed by atoms with Gasteiger partial charge in [-0.05, 0) is 31.2 Å². The molecule has 0 spiro atoms. The summed E-state index contributed by atoms with van der Waals surface area (Å²) < 4.78 is 15.4. The Bertz CT molecular complexity index is 1040. The average Bonchev–Trinajstić information content (AvgIpc) is 3.05. The fourth-order valence-corrected chi connectivity index (χ4v) is 2.54. The van der Waals surface area contributed by atoms with Crippen molar-refractivity contribution in [3.63, 3.8) is 0 Å². The van der Waals surface area contributed by atoms with E-state index in [2.05, 4.69) is 5.32 Å². The van der Waals surface area contributed by atoms with Crippen LogP contribution in [0.4, 0.5) is 5.69 Å². The summed E-state index contributed by atoms with van der Waals surface area (Å²) in [7, 11) is 0. The topological polar surface area (TPSA) is 115 Å². The number of hydrogen-bond donors (Lipinski definition) is 2. The number of hydrogen-bond acceptors (Lipinski definition) is 7. The number of benzene rings is 2. The predicted molar refractivity (Wildman–Crippen MR) is 99.2 cm³/mol. The summed E-state index contributed by atoms with van der Waals surface area (Å²) in [5, 5.41) is 12.7. The number of nitrogens with one attached hydrogen (secondary N) is 1. The van der Waals surface area contributed by atoms with Gasteiger partial charge >= 0.3 is 11.9 Å². The van der Waals surface area contributed by atoms with Gasteiger partial charge in [-0.3, -0.25) is 4.79 Å². The summed E-state index contributed by atoms with van der Waals surface area (Å²) in [6.45, 7) is 1.17. The summed E-state index contributed by atoms with van der Waals surface area (Å²) in [5.41, 5.74) is 0.473. The molecule has 144 valence electrons. The first-order chi connectivity index (χ1) is 13.5. The minimum atomic E-state index is -0.851. The van der Waals surface area contributed by atoms with E-state index in [0.717, 1.165) is 0 Å². The van der Waals surface area contributed by atoms with Crippen LogP contribution in [0.25, 0.3) is 11.0 Å². The molecule has 0 unspecified atom stereocenters. The van der Waals surface area contributed by atoms with E-state index in [1.54, 1.807) is 43.3 Å². The first-order valence-electron chi connectivity index (χ1n) is 8.45. The molecule has 1 aromatic heterocycles. The quantitative estimate of drug-likeness (QED) is 0.629. The van der Waals surface area contributed by atoms with Gasteiger partial charge in [0.1, 0.15) is 22.6 Å². The number of rotatable bonds is 6. The molecule has 0 aliphatic carbocycles. The first-order valence-corrected chi connectivity index (χ1v) is 8.45. The van der Waals surface area contributed by atoms with Crippen molar-refractivity contribution < 1.29 is 33.4 Å². The Balaban J connectivity index is 1.75. The van der Waals surface area contributed by atoms with Gasteiger partial charge in [-0.2, -0.15) is 0 Å². The number of furan rings is 1. The number of anilines is 1. The third-order valence-electron chi connectivity index (χ3n) is 3.78. The zero-order valence-electron chi connectivity index (χ0n) is 14.9. The lowest BCUT2D eigenvalue weighted by Gasteiger charge is -2.08. The Labute approximate surface area is 159 Å². The van der Waals surface area contributed by atoms with Crippen LogP contribution in [-0.4, -0.2) is 36.2 Å². The maximum atomic E-state index is 12.3. The van der Waals surface area contributed by atoms with Gasteiger partial charge in [0.05, 0.1) is 6.61 Å². The Morgan fingerprint density at radius 3 is 2.46 bits per heavy atom. The molecule has 0 aliphatic rings. The number of carbonyl (C=O) groups is 3. The van der Waals surface area contributed by atoms with Gasteiger partial charge in [0.25, 0.3) is 5.91 Å². The first kappa shape index (κ1) is 19.0. The van der Waals surface area contributed by atoms with Gasteiger partial charge in [0.2, 0.25) is 5.76 Å². The van der Waals surface area contributed by atoms with Crippen molar-refractivity contribution in [2.45, 2.75) is 6.92 Å². The van der Waals surface area contributed by atoms with Gasteiger partial charge in [0.15, 0.2) is 6.61 Å². The SMILES string of the molecule is CCOC(=O)c1oc2ccccc2c1NC(=O)COC(=O)c1ccccc1O. The number of phenolic OH excluding ortho intramolecular Hbond substituents is 1. The standard InChI is InChI=1S/C20H17NO7/c1-2-26-20(25)18-17(13-8-4-6-10-15(13)28-18)21-16(23)11-27-19(24)12-7-3-5-9-14(12)22/h3-10,22H,2,11H2,1H3,(H,21,23). The van der Waals surface area contributed by atoms with E-state index in [1.807, 2.05) is 0 Å². The fraction of sp³-hybridized carbons (Fsp3) is 0.150. The smallest absolute Gasteiger partial charge is 0.376 e. The normalized spacial score (nSPS) is 10.5. The van der Waals surface area contributed by atoms with Crippen molar-refractivity contribution in [1.29, 1.82) is 0 Å². The van der Waals surface area contributed by atoms with E-state index < -0.39 is 24.5 Å². The molecule has 3 rings (SSSR count). The Kier molecular flexibility index (Phi) is 5.59. The highest BCUT2D eigenvalue weighted by Crippen LogP contribution is 2.31. The van der Waals surface area contributed by atoms with E-state index in [-0.39, 0.29) is 29.4 Å². The monoisotopic (exact) mass is 383 g/mol. The average molecular weight is 383 g/mol. The van der Waals surface area contributed by atoms with Crippen molar-refractivity contribution in [3.05, 3.63) is 59.9 Å². The van der Waals surface area contributed by atoms with Crippen LogP contribution in [0.3, 0.4) is 0 Å². The van der Waals surface area contributed by atoms with Gasteiger partial charge in [0, 0.05) is 5.39 Å². The summed E-state index contributed by atoms with van der Waals surface area (Å²) in [5.74, 6) is -2.65. The number of ether oxygens (including phenoxy) is 2. The fourth-order valence-electron chi connectivity index (χ4n) is 2.54. The molecule has 8 heteroatoms. The molecule has 0 saturated carbocycles. The number of aromatic hydroxyl groups is 1. The number of phenols is 1. The van der Waals surface area contributed by atoms with Crippen LogP contribution in [0, 0.1) is 0 Å². The minimum absolute atomic E-state index is 0.0590. The number of para-hydroxylation sites is 2. The lowest BCUT2D eigenvalue weighted by atomic mass is 10.2. The van der Waals surface area contributed by atoms with Crippen LogP contribution < -0.4 is 5.32 Å². The summed E-state index contributed by atoms with van der Waals surface area (Å²) in [6, 6.07) is 12.6. The highest BCUT2D eigenvalue weighted by Gasteiger charge is 2.23. The lowest BCUT2D eigenvalue weighted by molar-refractivity contribution is -0.119. The van der Waals surface area contributed by atoms with Crippen molar-refractivity contribution in [2.75, 3.05) is 18.5 Å².